The summed E-state index contributed by atoms with van der Waals surface area (Å²) in [5.74, 6) is -0.859. The van der Waals surface area contributed by atoms with Gasteiger partial charge < -0.3 is 0 Å². The molecule has 0 amide bonds. The maximum absolute atomic E-state index is 13.6. The Morgan fingerprint density at radius 2 is 1.76 bits per heavy atom. The molecule has 1 aromatic heterocycles. The van der Waals surface area contributed by atoms with Gasteiger partial charge in [0, 0.05) is 11.5 Å². The molecule has 0 saturated heterocycles. The summed E-state index contributed by atoms with van der Waals surface area (Å²) in [5.41, 5.74) is 0.425. The van der Waals surface area contributed by atoms with Crippen molar-refractivity contribution < 1.29 is 13.6 Å². The summed E-state index contributed by atoms with van der Waals surface area (Å²) in [7, 11) is 0. The van der Waals surface area contributed by atoms with Crippen molar-refractivity contribution in [3.8, 4) is 0 Å². The van der Waals surface area contributed by atoms with E-state index in [0.29, 0.717) is 20.3 Å². The van der Waals surface area contributed by atoms with E-state index in [1.165, 1.54) is 46.2 Å². The zero-order valence-corrected chi connectivity index (χ0v) is 17.2. The van der Waals surface area contributed by atoms with E-state index in [1.807, 2.05) is 0 Å². The number of thiazole rings is 1. The van der Waals surface area contributed by atoms with Crippen LogP contribution in [0.2, 0.25) is 0 Å². The largest absolute Gasteiger partial charge is 0.294 e. The SMILES string of the molecule is CC(C)(C)C(=O)/C=c1\s/c(=C\c2ccc(F)cc2)c(=O)n1Cc1cccc(F)c1. The van der Waals surface area contributed by atoms with Crippen molar-refractivity contribution in [3.63, 3.8) is 0 Å². The third kappa shape index (κ3) is 5.15. The van der Waals surface area contributed by atoms with Gasteiger partial charge in [0.1, 0.15) is 16.3 Å². The molecule has 1 heterocycles. The summed E-state index contributed by atoms with van der Waals surface area (Å²) < 4.78 is 29.1. The minimum absolute atomic E-state index is 0.111. The highest BCUT2D eigenvalue weighted by Crippen LogP contribution is 2.15. The van der Waals surface area contributed by atoms with Crippen molar-refractivity contribution in [2.75, 3.05) is 0 Å². The van der Waals surface area contributed by atoms with Crippen LogP contribution in [0.5, 0.6) is 0 Å². The van der Waals surface area contributed by atoms with Gasteiger partial charge in [0.25, 0.3) is 5.56 Å². The molecule has 0 radical (unpaired) electrons. The van der Waals surface area contributed by atoms with Crippen LogP contribution in [0.25, 0.3) is 12.2 Å². The lowest BCUT2D eigenvalue weighted by atomic mass is 9.91. The van der Waals surface area contributed by atoms with E-state index in [2.05, 4.69) is 0 Å². The van der Waals surface area contributed by atoms with Crippen LogP contribution >= 0.6 is 11.3 Å². The fourth-order valence-electron chi connectivity index (χ4n) is 2.65. The van der Waals surface area contributed by atoms with Crippen molar-refractivity contribution >= 4 is 29.3 Å². The van der Waals surface area contributed by atoms with E-state index in [4.69, 9.17) is 0 Å². The Morgan fingerprint density at radius 1 is 1.07 bits per heavy atom. The number of aromatic nitrogens is 1. The van der Waals surface area contributed by atoms with Gasteiger partial charge in [-0.2, -0.15) is 0 Å². The molecule has 0 saturated carbocycles. The number of carbonyl (C=O) groups is 1. The van der Waals surface area contributed by atoms with Crippen molar-refractivity contribution in [2.24, 2.45) is 5.41 Å². The Balaban J connectivity index is 2.17. The van der Waals surface area contributed by atoms with Gasteiger partial charge in [-0.25, -0.2) is 8.78 Å². The Kier molecular flexibility index (Phi) is 5.94. The highest BCUT2D eigenvalue weighted by atomic mass is 32.1. The molecular weight excluding hydrogens is 392 g/mol. The fourth-order valence-corrected chi connectivity index (χ4v) is 3.69. The van der Waals surface area contributed by atoms with Gasteiger partial charge in [-0.3, -0.25) is 14.2 Å². The minimum Gasteiger partial charge on any atom is -0.294 e. The predicted octanol–water partition coefficient (Wildman–Crippen LogP) is 3.46. The standard InChI is InChI=1S/C23H21F2NO2S/c1-23(2,3)20(27)13-21-26(14-16-5-4-6-18(25)11-16)22(28)19(29-21)12-15-7-9-17(24)10-8-15/h4-13H,14H2,1-3H3/b19-12-,21-13-. The molecule has 6 heteroatoms. The number of ketones is 1. The lowest BCUT2D eigenvalue weighted by molar-refractivity contribution is -0.120. The topological polar surface area (TPSA) is 39.1 Å². The van der Waals surface area contributed by atoms with Gasteiger partial charge in [-0.15, -0.1) is 11.3 Å². The maximum Gasteiger partial charge on any atom is 0.269 e. The number of halogens is 2. The Bertz CT molecular complexity index is 1220. The van der Waals surface area contributed by atoms with Gasteiger partial charge in [0.2, 0.25) is 0 Å². The predicted molar refractivity (Wildman–Crippen MR) is 112 cm³/mol. The lowest BCUT2D eigenvalue weighted by Gasteiger charge is -2.13. The van der Waals surface area contributed by atoms with Crippen LogP contribution < -0.4 is 14.8 Å². The molecule has 2 aromatic carbocycles. The number of hydrogen-bond donors (Lipinski definition) is 0. The molecule has 3 nitrogen and oxygen atoms in total. The highest BCUT2D eigenvalue weighted by molar-refractivity contribution is 7.07. The third-order valence-corrected chi connectivity index (χ3v) is 5.39. The first-order chi connectivity index (χ1) is 13.6. The molecular formula is C23H21F2NO2S. The van der Waals surface area contributed by atoms with Crippen LogP contribution in [0, 0.1) is 17.0 Å². The fraction of sp³-hybridized carbons (Fsp3) is 0.217. The number of Topliss-reactive ketones (excluding diaryl/α,β-unsaturated/α-hetero) is 1. The van der Waals surface area contributed by atoms with E-state index >= 15 is 0 Å². The summed E-state index contributed by atoms with van der Waals surface area (Å²) in [6.07, 6.45) is 3.13. The maximum atomic E-state index is 13.6. The monoisotopic (exact) mass is 413 g/mol. The van der Waals surface area contributed by atoms with Crippen LogP contribution in [0.15, 0.2) is 53.3 Å². The first-order valence-corrected chi connectivity index (χ1v) is 9.93. The van der Waals surface area contributed by atoms with Gasteiger partial charge >= 0.3 is 0 Å². The summed E-state index contributed by atoms with van der Waals surface area (Å²) in [4.78, 5) is 25.6. The molecule has 3 rings (SSSR count). The van der Waals surface area contributed by atoms with E-state index < -0.39 is 5.41 Å². The molecule has 0 spiro atoms. The second-order valence-electron chi connectivity index (χ2n) is 7.78. The number of carbonyl (C=O) groups excluding carboxylic acids is 1. The van der Waals surface area contributed by atoms with Crippen LogP contribution in [0.1, 0.15) is 31.9 Å². The van der Waals surface area contributed by atoms with Gasteiger partial charge in [-0.1, -0.05) is 45.0 Å². The molecule has 0 aliphatic carbocycles. The summed E-state index contributed by atoms with van der Waals surface area (Å²) in [5, 5.41) is 0. The van der Waals surface area contributed by atoms with E-state index in [0.717, 1.165) is 0 Å². The quantitative estimate of drug-likeness (QED) is 0.657. The molecule has 0 unspecified atom stereocenters. The molecule has 0 aliphatic heterocycles. The smallest absolute Gasteiger partial charge is 0.269 e. The average molecular weight is 413 g/mol. The Morgan fingerprint density at radius 3 is 2.38 bits per heavy atom. The zero-order chi connectivity index (χ0) is 21.2. The second kappa shape index (κ2) is 8.25. The van der Waals surface area contributed by atoms with Crippen LogP contribution in [-0.2, 0) is 11.3 Å². The number of hydrogen-bond acceptors (Lipinski definition) is 3. The molecule has 0 atom stereocenters. The van der Waals surface area contributed by atoms with Crippen LogP contribution in [-0.4, -0.2) is 10.4 Å². The van der Waals surface area contributed by atoms with Crippen LogP contribution in [0.3, 0.4) is 0 Å². The Hall–Kier alpha value is -2.86. The van der Waals surface area contributed by atoms with Crippen molar-refractivity contribution in [2.45, 2.75) is 27.3 Å². The van der Waals surface area contributed by atoms with Gasteiger partial charge in [0.15, 0.2) is 5.78 Å². The van der Waals surface area contributed by atoms with Crippen LogP contribution in [0.4, 0.5) is 8.78 Å². The highest BCUT2D eigenvalue weighted by Gasteiger charge is 2.19. The number of rotatable bonds is 4. The number of benzene rings is 2. The lowest BCUT2D eigenvalue weighted by Crippen LogP contribution is -2.32. The average Bonchev–Trinajstić information content (AvgIpc) is 2.92. The summed E-state index contributed by atoms with van der Waals surface area (Å²) >= 11 is 1.18. The van der Waals surface area contributed by atoms with E-state index in [-0.39, 0.29) is 29.5 Å². The van der Waals surface area contributed by atoms with Crippen molar-refractivity contribution in [1.29, 1.82) is 0 Å². The molecule has 29 heavy (non-hydrogen) atoms. The second-order valence-corrected chi connectivity index (χ2v) is 8.84. The molecule has 3 aromatic rings. The minimum atomic E-state index is -0.593. The normalized spacial score (nSPS) is 13.1. The first kappa shape index (κ1) is 20.9. The first-order valence-electron chi connectivity index (χ1n) is 9.11. The van der Waals surface area contributed by atoms with Crippen molar-refractivity contribution in [3.05, 3.63) is 90.8 Å². The molecule has 150 valence electrons. The molecule has 0 N–H and O–H groups in total. The van der Waals surface area contributed by atoms with E-state index in [1.54, 1.807) is 51.1 Å². The molecule has 0 bridgehead atoms. The van der Waals surface area contributed by atoms with Gasteiger partial charge in [-0.05, 0) is 41.5 Å². The molecule has 0 fully saturated rings. The summed E-state index contributed by atoms with van der Waals surface area (Å²) in [6, 6.07) is 11.8. The van der Waals surface area contributed by atoms with E-state index in [9.17, 15) is 18.4 Å². The van der Waals surface area contributed by atoms with Gasteiger partial charge in [0.05, 0.1) is 11.1 Å². The number of nitrogens with zero attached hydrogens (tertiary/aromatic N) is 1. The zero-order valence-electron chi connectivity index (χ0n) is 16.4. The summed E-state index contributed by atoms with van der Waals surface area (Å²) in [6.45, 7) is 5.56. The Labute approximate surface area is 171 Å². The third-order valence-electron chi connectivity index (χ3n) is 4.33. The van der Waals surface area contributed by atoms with Crippen molar-refractivity contribution in [1.82, 2.24) is 4.57 Å². The molecule has 0 aliphatic rings.